The Kier molecular flexibility index (Phi) is 5.50. The Bertz CT molecular complexity index is 1000. The Hall–Kier alpha value is -1.99. The predicted molar refractivity (Wildman–Crippen MR) is 123 cm³/mol. The lowest BCUT2D eigenvalue weighted by molar-refractivity contribution is 0.181. The van der Waals surface area contributed by atoms with Gasteiger partial charge in [-0.2, -0.15) is 0 Å². The molecule has 6 nitrogen and oxygen atoms in total. The van der Waals surface area contributed by atoms with Crippen LogP contribution in [0, 0.1) is 19.8 Å². The summed E-state index contributed by atoms with van der Waals surface area (Å²) in [6, 6.07) is 0.259. The number of thiophene rings is 1. The zero-order valence-electron chi connectivity index (χ0n) is 18.3. The summed E-state index contributed by atoms with van der Waals surface area (Å²) in [5, 5.41) is 1.24. The quantitative estimate of drug-likeness (QED) is 0.639. The number of fused-ring (bicyclic) bond motifs is 1. The van der Waals surface area contributed by atoms with E-state index in [2.05, 4.69) is 40.5 Å². The number of rotatable bonds is 4. The third-order valence-electron chi connectivity index (χ3n) is 6.91. The molecule has 0 aliphatic carbocycles. The molecule has 2 aliphatic heterocycles. The topological polar surface area (TPSA) is 60.9 Å². The van der Waals surface area contributed by atoms with E-state index in [1.165, 1.54) is 41.5 Å². The molecule has 5 heterocycles. The van der Waals surface area contributed by atoms with E-state index < -0.39 is 0 Å². The van der Waals surface area contributed by atoms with Gasteiger partial charge in [0.2, 0.25) is 0 Å². The molecule has 0 saturated carbocycles. The molecule has 1 N–H and O–H groups in total. The van der Waals surface area contributed by atoms with Gasteiger partial charge in [0.15, 0.2) is 0 Å². The van der Waals surface area contributed by atoms with Crippen molar-refractivity contribution in [2.75, 3.05) is 24.5 Å². The first-order chi connectivity index (χ1) is 14.6. The molecule has 1 atom stereocenters. The minimum atomic E-state index is 0.259. The zero-order chi connectivity index (χ0) is 20.7. The number of nitrogens with zero attached hydrogens (tertiary/aromatic N) is 5. The van der Waals surface area contributed by atoms with Crippen LogP contribution in [0.4, 0.5) is 5.82 Å². The maximum absolute atomic E-state index is 5.21. The van der Waals surface area contributed by atoms with Crippen LogP contribution < -0.4 is 4.90 Å². The normalized spacial score (nSPS) is 21.6. The van der Waals surface area contributed by atoms with Crippen LogP contribution in [0.2, 0.25) is 0 Å². The molecule has 2 saturated heterocycles. The second-order valence-corrected chi connectivity index (χ2v) is 10.3. The maximum Gasteiger partial charge on any atom is 0.146 e. The first-order valence-electron chi connectivity index (χ1n) is 11.3. The molecule has 0 amide bonds. The molecule has 0 aromatic carbocycles. The number of piperidine rings is 2. The molecule has 30 heavy (non-hydrogen) atoms. The van der Waals surface area contributed by atoms with Crippen LogP contribution in [0.25, 0.3) is 10.2 Å². The molecule has 7 heteroatoms. The highest BCUT2D eigenvalue weighted by Gasteiger charge is 2.30. The van der Waals surface area contributed by atoms with Crippen molar-refractivity contribution in [1.82, 2.24) is 24.8 Å². The van der Waals surface area contributed by atoms with Crippen LogP contribution in [0.15, 0.2) is 12.4 Å². The maximum atomic E-state index is 5.21. The van der Waals surface area contributed by atoms with E-state index in [1.54, 1.807) is 0 Å². The van der Waals surface area contributed by atoms with Crippen molar-refractivity contribution in [1.29, 1.82) is 0 Å². The fourth-order valence-electron chi connectivity index (χ4n) is 4.90. The Balaban J connectivity index is 1.55. The van der Waals surface area contributed by atoms with E-state index in [-0.39, 0.29) is 6.04 Å². The number of nitrogens with one attached hydrogen (secondary N) is 1. The standard InChI is InChI=1S/C23H32N6S/c1-15-7-12-28(13-8-15)14-19-26-22(20-16(2)17(3)30-23(20)27-19)29-11-5-4-6-18(29)21-24-9-10-25-21/h9-10,15,18H,4-8,11-14H2,1-3H3,(H,24,25)/t18-/m0/s1. The van der Waals surface area contributed by atoms with Gasteiger partial charge in [0.05, 0.1) is 18.0 Å². The van der Waals surface area contributed by atoms with E-state index in [4.69, 9.17) is 9.97 Å². The lowest BCUT2D eigenvalue weighted by atomic mass is 9.99. The van der Waals surface area contributed by atoms with Crippen molar-refractivity contribution in [2.45, 2.75) is 65.5 Å². The largest absolute Gasteiger partial charge is 0.347 e. The van der Waals surface area contributed by atoms with Crippen LogP contribution in [0.5, 0.6) is 0 Å². The first-order valence-corrected chi connectivity index (χ1v) is 12.2. The van der Waals surface area contributed by atoms with Gasteiger partial charge in [-0.05, 0) is 70.5 Å². The molecule has 3 aromatic rings. The molecule has 2 fully saturated rings. The number of aryl methyl sites for hydroxylation is 2. The smallest absolute Gasteiger partial charge is 0.146 e. The number of H-pyrrole nitrogens is 1. The van der Waals surface area contributed by atoms with Crippen molar-refractivity contribution in [3.63, 3.8) is 0 Å². The number of anilines is 1. The summed E-state index contributed by atoms with van der Waals surface area (Å²) in [6.45, 7) is 11.0. The monoisotopic (exact) mass is 424 g/mol. The molecule has 0 unspecified atom stereocenters. The van der Waals surface area contributed by atoms with Crippen molar-refractivity contribution >= 4 is 27.4 Å². The first kappa shape index (κ1) is 19.9. The summed E-state index contributed by atoms with van der Waals surface area (Å²) < 4.78 is 0. The summed E-state index contributed by atoms with van der Waals surface area (Å²) in [7, 11) is 0. The minimum Gasteiger partial charge on any atom is -0.347 e. The Morgan fingerprint density at radius 1 is 1.10 bits per heavy atom. The number of hydrogen-bond donors (Lipinski definition) is 1. The summed E-state index contributed by atoms with van der Waals surface area (Å²) >= 11 is 1.81. The average molecular weight is 425 g/mol. The second-order valence-electron chi connectivity index (χ2n) is 9.06. The van der Waals surface area contributed by atoms with Gasteiger partial charge in [-0.15, -0.1) is 11.3 Å². The highest BCUT2D eigenvalue weighted by atomic mass is 32.1. The number of likely N-dealkylation sites (tertiary alicyclic amines) is 1. The summed E-state index contributed by atoms with van der Waals surface area (Å²) in [6.07, 6.45) is 9.89. The zero-order valence-corrected chi connectivity index (χ0v) is 19.1. The van der Waals surface area contributed by atoms with E-state index in [0.717, 1.165) is 60.8 Å². The van der Waals surface area contributed by atoms with Gasteiger partial charge >= 0.3 is 0 Å². The lowest BCUT2D eigenvalue weighted by Crippen LogP contribution is -2.36. The fraction of sp³-hybridized carbons (Fsp3) is 0.609. The number of aromatic amines is 1. The van der Waals surface area contributed by atoms with Crippen LogP contribution in [-0.4, -0.2) is 44.5 Å². The molecule has 3 aromatic heterocycles. The summed E-state index contributed by atoms with van der Waals surface area (Å²) in [5.74, 6) is 3.98. The molecule has 0 radical (unpaired) electrons. The molecule has 0 bridgehead atoms. The Morgan fingerprint density at radius 2 is 1.93 bits per heavy atom. The minimum absolute atomic E-state index is 0.259. The highest BCUT2D eigenvalue weighted by Crippen LogP contribution is 2.40. The molecule has 5 rings (SSSR count). The number of aromatic nitrogens is 4. The van der Waals surface area contributed by atoms with Crippen molar-refractivity contribution in [2.24, 2.45) is 5.92 Å². The lowest BCUT2D eigenvalue weighted by Gasteiger charge is -2.36. The van der Waals surface area contributed by atoms with Crippen LogP contribution >= 0.6 is 11.3 Å². The van der Waals surface area contributed by atoms with Gasteiger partial charge in [-0.25, -0.2) is 15.0 Å². The third-order valence-corrected chi connectivity index (χ3v) is 8.01. The van der Waals surface area contributed by atoms with Crippen molar-refractivity contribution in [3.8, 4) is 0 Å². The van der Waals surface area contributed by atoms with E-state index in [1.807, 2.05) is 23.7 Å². The second kappa shape index (κ2) is 8.27. The van der Waals surface area contributed by atoms with Crippen LogP contribution in [0.3, 0.4) is 0 Å². The average Bonchev–Trinajstić information content (AvgIpc) is 3.38. The molecule has 0 spiro atoms. The Labute approximate surface area is 182 Å². The number of hydrogen-bond acceptors (Lipinski definition) is 6. The number of imidazole rings is 1. The summed E-state index contributed by atoms with van der Waals surface area (Å²) in [5.41, 5.74) is 1.33. The third kappa shape index (κ3) is 3.73. The van der Waals surface area contributed by atoms with E-state index in [9.17, 15) is 0 Å². The van der Waals surface area contributed by atoms with Crippen molar-refractivity contribution < 1.29 is 0 Å². The SMILES string of the molecule is Cc1sc2nc(CN3CCC(C)CC3)nc(N3CCCC[C@H]3c3ncc[nH]3)c2c1C. The van der Waals surface area contributed by atoms with E-state index >= 15 is 0 Å². The molecule has 2 aliphatic rings. The summed E-state index contributed by atoms with van der Waals surface area (Å²) in [4.78, 5) is 25.7. The van der Waals surface area contributed by atoms with Crippen molar-refractivity contribution in [3.05, 3.63) is 34.5 Å². The molecule has 160 valence electrons. The van der Waals surface area contributed by atoms with Crippen LogP contribution in [-0.2, 0) is 6.54 Å². The highest BCUT2D eigenvalue weighted by molar-refractivity contribution is 7.18. The Morgan fingerprint density at radius 3 is 2.70 bits per heavy atom. The molecular weight excluding hydrogens is 392 g/mol. The van der Waals surface area contributed by atoms with Gasteiger partial charge in [0.25, 0.3) is 0 Å². The van der Waals surface area contributed by atoms with E-state index in [0.29, 0.717) is 0 Å². The van der Waals surface area contributed by atoms with Gasteiger partial charge in [-0.3, -0.25) is 4.90 Å². The van der Waals surface area contributed by atoms with Gasteiger partial charge in [-0.1, -0.05) is 6.92 Å². The predicted octanol–water partition coefficient (Wildman–Crippen LogP) is 4.99. The molecular formula is C23H32N6S. The van der Waals surface area contributed by atoms with Crippen LogP contribution in [0.1, 0.15) is 67.2 Å². The fourth-order valence-corrected chi connectivity index (χ4v) is 5.94. The van der Waals surface area contributed by atoms with Gasteiger partial charge in [0, 0.05) is 23.8 Å². The van der Waals surface area contributed by atoms with Gasteiger partial charge in [0.1, 0.15) is 22.3 Å². The van der Waals surface area contributed by atoms with Gasteiger partial charge < -0.3 is 9.88 Å².